The summed E-state index contributed by atoms with van der Waals surface area (Å²) in [4.78, 5) is 46.0. The summed E-state index contributed by atoms with van der Waals surface area (Å²) in [5, 5.41) is 10.6. The van der Waals surface area contributed by atoms with Crippen LogP contribution in [0, 0.1) is 11.8 Å². The first-order chi connectivity index (χ1) is 19.0. The van der Waals surface area contributed by atoms with E-state index in [0.29, 0.717) is 19.4 Å². The van der Waals surface area contributed by atoms with E-state index in [-0.39, 0.29) is 42.3 Å². The zero-order valence-electron chi connectivity index (χ0n) is 22.6. The molecular weight excluding hydrogens is 512 g/mol. The number of likely N-dealkylation sites (tertiary alicyclic amines) is 1. The van der Waals surface area contributed by atoms with Gasteiger partial charge in [0.25, 0.3) is 0 Å². The van der Waals surface area contributed by atoms with Gasteiger partial charge < -0.3 is 19.6 Å². The lowest BCUT2D eigenvalue weighted by Crippen LogP contribution is -2.59. The second-order valence-corrected chi connectivity index (χ2v) is 12.9. The molecule has 4 aliphatic rings. The molecule has 39 heavy (non-hydrogen) atoms. The number of carbonyl (C=O) groups excluding carboxylic acids is 3. The van der Waals surface area contributed by atoms with Crippen molar-refractivity contribution >= 4 is 29.5 Å². The average molecular weight is 553 g/mol. The Hall–Kier alpha value is -2.58. The van der Waals surface area contributed by atoms with Gasteiger partial charge in [-0.1, -0.05) is 68.3 Å². The molecule has 1 N–H and O–H groups in total. The molecule has 3 saturated heterocycles. The molecular formula is C31H40N2O5S. The fraction of sp³-hybridized carbons (Fsp3) is 0.581. The lowest BCUT2D eigenvalue weighted by molar-refractivity contribution is -0.153. The van der Waals surface area contributed by atoms with E-state index in [4.69, 9.17) is 4.74 Å². The van der Waals surface area contributed by atoms with Gasteiger partial charge in [-0.05, 0) is 37.7 Å². The van der Waals surface area contributed by atoms with Crippen LogP contribution in [0.15, 0.2) is 55.6 Å². The number of carbonyl (C=O) groups is 3. The number of nitrogens with zero attached hydrogens (tertiary/aromatic N) is 2. The summed E-state index contributed by atoms with van der Waals surface area (Å²) in [7, 11) is 0. The van der Waals surface area contributed by atoms with Gasteiger partial charge in [-0.3, -0.25) is 14.4 Å². The second kappa shape index (κ2) is 11.9. The highest BCUT2D eigenvalue weighted by atomic mass is 32.2. The fourth-order valence-corrected chi connectivity index (χ4v) is 9.70. The Kier molecular flexibility index (Phi) is 8.52. The van der Waals surface area contributed by atoms with E-state index >= 15 is 0 Å². The van der Waals surface area contributed by atoms with Crippen molar-refractivity contribution in [2.45, 2.75) is 79.5 Å². The summed E-state index contributed by atoms with van der Waals surface area (Å²) < 4.78 is 4.76. The van der Waals surface area contributed by atoms with Crippen molar-refractivity contribution in [2.75, 3.05) is 19.8 Å². The van der Waals surface area contributed by atoms with Gasteiger partial charge >= 0.3 is 5.97 Å². The molecule has 1 aromatic carbocycles. The van der Waals surface area contributed by atoms with Crippen LogP contribution in [0.2, 0.25) is 0 Å². The minimum Gasteiger partial charge on any atom is -0.461 e. The van der Waals surface area contributed by atoms with Crippen molar-refractivity contribution in [3.8, 4) is 0 Å². The normalized spacial score (nSPS) is 30.6. The smallest absolute Gasteiger partial charge is 0.311 e. The minimum atomic E-state index is -0.745. The number of esters is 1. The monoisotopic (exact) mass is 552 g/mol. The number of aliphatic hydroxyl groups excluding tert-OH is 1. The molecule has 8 heteroatoms. The van der Waals surface area contributed by atoms with Crippen LogP contribution in [0.3, 0.4) is 0 Å². The molecule has 1 aliphatic carbocycles. The summed E-state index contributed by atoms with van der Waals surface area (Å²) in [6.45, 7) is 7.83. The van der Waals surface area contributed by atoms with Crippen molar-refractivity contribution in [2.24, 2.45) is 11.8 Å². The lowest BCUT2D eigenvalue weighted by atomic mass is 9.71. The molecule has 5 rings (SSSR count). The predicted octanol–water partition coefficient (Wildman–Crippen LogP) is 3.76. The van der Waals surface area contributed by atoms with Crippen LogP contribution in [0.25, 0.3) is 0 Å². The molecule has 2 amide bonds. The van der Waals surface area contributed by atoms with Gasteiger partial charge in [0.15, 0.2) is 0 Å². The Bertz CT molecular complexity index is 1090. The maximum absolute atomic E-state index is 14.7. The van der Waals surface area contributed by atoms with E-state index in [0.717, 1.165) is 37.7 Å². The SMILES string of the molecule is C=CCOC(=O)[C@@H]1[C@H]2C(=O)N([C@@H](CO)Cc3ccccc3)C(C(=O)N(CC=C)C3CCCCC3)C23CC[C@H]1S3. The van der Waals surface area contributed by atoms with Crippen molar-refractivity contribution in [1.82, 2.24) is 9.80 Å². The van der Waals surface area contributed by atoms with Crippen molar-refractivity contribution < 1.29 is 24.2 Å². The maximum atomic E-state index is 14.7. The fourth-order valence-electron chi connectivity index (χ4n) is 7.51. The first-order valence-corrected chi connectivity index (χ1v) is 15.2. The van der Waals surface area contributed by atoms with Crippen LogP contribution < -0.4 is 0 Å². The Labute approximate surface area is 235 Å². The number of rotatable bonds is 11. The van der Waals surface area contributed by atoms with Gasteiger partial charge in [-0.15, -0.1) is 18.3 Å². The number of thioether (sulfide) groups is 1. The molecule has 1 spiro atoms. The van der Waals surface area contributed by atoms with E-state index in [9.17, 15) is 19.5 Å². The van der Waals surface area contributed by atoms with Gasteiger partial charge in [-0.25, -0.2) is 0 Å². The number of hydrogen-bond donors (Lipinski definition) is 1. The largest absolute Gasteiger partial charge is 0.461 e. The number of ether oxygens (including phenoxy) is 1. The van der Waals surface area contributed by atoms with Crippen molar-refractivity contribution in [3.63, 3.8) is 0 Å². The topological polar surface area (TPSA) is 87.1 Å². The Morgan fingerprint density at radius 1 is 1.15 bits per heavy atom. The highest BCUT2D eigenvalue weighted by Gasteiger charge is 2.74. The van der Waals surface area contributed by atoms with Crippen LogP contribution in [-0.2, 0) is 25.5 Å². The van der Waals surface area contributed by atoms with Gasteiger partial charge in [0, 0.05) is 17.8 Å². The van der Waals surface area contributed by atoms with Crippen molar-refractivity contribution in [3.05, 3.63) is 61.2 Å². The molecule has 4 fully saturated rings. The molecule has 3 heterocycles. The predicted molar refractivity (Wildman–Crippen MR) is 152 cm³/mol. The Balaban J connectivity index is 1.55. The van der Waals surface area contributed by atoms with E-state index in [1.54, 1.807) is 22.7 Å². The van der Waals surface area contributed by atoms with Crippen LogP contribution in [0.1, 0.15) is 50.5 Å². The maximum Gasteiger partial charge on any atom is 0.311 e. The van der Waals surface area contributed by atoms with Crippen LogP contribution in [0.4, 0.5) is 0 Å². The van der Waals surface area contributed by atoms with Gasteiger partial charge in [0.2, 0.25) is 11.8 Å². The third-order valence-corrected chi connectivity index (χ3v) is 11.1. The highest BCUT2D eigenvalue weighted by molar-refractivity contribution is 8.02. The van der Waals surface area contributed by atoms with E-state index < -0.39 is 28.7 Å². The number of amides is 2. The first-order valence-electron chi connectivity index (χ1n) is 14.3. The summed E-state index contributed by atoms with van der Waals surface area (Å²) in [6, 6.07) is 8.53. The van der Waals surface area contributed by atoms with Crippen LogP contribution in [-0.4, -0.2) is 80.6 Å². The van der Waals surface area contributed by atoms with Crippen LogP contribution in [0.5, 0.6) is 0 Å². The summed E-state index contributed by atoms with van der Waals surface area (Å²) in [5.74, 6) is -1.92. The van der Waals surface area contributed by atoms with E-state index in [2.05, 4.69) is 13.2 Å². The third-order valence-electron chi connectivity index (χ3n) is 9.13. The molecule has 1 aromatic rings. The zero-order valence-corrected chi connectivity index (χ0v) is 23.4. The van der Waals surface area contributed by atoms with Crippen molar-refractivity contribution in [1.29, 1.82) is 0 Å². The molecule has 3 aliphatic heterocycles. The molecule has 2 unspecified atom stereocenters. The molecule has 210 valence electrons. The minimum absolute atomic E-state index is 0.0575. The standard InChI is InChI=1S/C31H40N2O5S/c1-3-17-32(22-13-9-6-10-14-22)29(36)27-31-16-15-24(39-31)25(30(37)38-18-4-2)26(31)28(35)33(27)23(20-34)19-21-11-7-5-8-12-21/h3-5,7-8,11-12,22-27,34H,1-2,6,9-10,13-20H2/t23-,24-,25+,26+,27?,31?/m1/s1. The molecule has 1 saturated carbocycles. The lowest BCUT2D eigenvalue weighted by Gasteiger charge is -2.42. The number of hydrogen-bond acceptors (Lipinski definition) is 6. The quantitative estimate of drug-likeness (QED) is 0.332. The number of aliphatic hydroxyl groups is 1. The zero-order chi connectivity index (χ0) is 27.6. The van der Waals surface area contributed by atoms with Gasteiger partial charge in [-0.2, -0.15) is 0 Å². The van der Waals surface area contributed by atoms with E-state index in [1.807, 2.05) is 35.2 Å². The summed E-state index contributed by atoms with van der Waals surface area (Å²) in [6.07, 6.45) is 10.4. The Morgan fingerprint density at radius 3 is 2.56 bits per heavy atom. The molecule has 0 aromatic heterocycles. The number of benzene rings is 1. The molecule has 0 radical (unpaired) electrons. The van der Waals surface area contributed by atoms with Crippen LogP contribution >= 0.6 is 11.8 Å². The summed E-state index contributed by atoms with van der Waals surface area (Å²) >= 11 is 1.64. The first kappa shape index (κ1) is 28.0. The highest BCUT2D eigenvalue weighted by Crippen LogP contribution is 2.67. The molecule has 2 bridgehead atoms. The van der Waals surface area contributed by atoms with Gasteiger partial charge in [0.1, 0.15) is 12.6 Å². The van der Waals surface area contributed by atoms with Gasteiger partial charge in [0.05, 0.1) is 29.2 Å². The third kappa shape index (κ3) is 4.95. The van der Waals surface area contributed by atoms with E-state index in [1.165, 1.54) is 12.5 Å². The molecule has 7 nitrogen and oxygen atoms in total. The Morgan fingerprint density at radius 2 is 1.90 bits per heavy atom. The number of fused-ring (bicyclic) bond motifs is 1. The molecule has 6 atom stereocenters. The average Bonchev–Trinajstić information content (AvgIpc) is 3.61. The second-order valence-electron chi connectivity index (χ2n) is 11.3. The summed E-state index contributed by atoms with van der Waals surface area (Å²) in [5.41, 5.74) is 0.985.